The zero-order chi connectivity index (χ0) is 16.9. The number of hydrogen-bond acceptors (Lipinski definition) is 8. The second-order valence-corrected chi connectivity index (χ2v) is 7.55. The highest BCUT2D eigenvalue weighted by Gasteiger charge is 2.18. The molecule has 0 fully saturated rings. The fourth-order valence-electron chi connectivity index (χ4n) is 1.23. The Balaban J connectivity index is 0.00000484. The van der Waals surface area contributed by atoms with Crippen LogP contribution in [0, 0.1) is 5.92 Å². The number of anilines is 2. The Labute approximate surface area is 144 Å². The third-order valence-electron chi connectivity index (χ3n) is 2.39. The Kier molecular flexibility index (Phi) is 8.37. The van der Waals surface area contributed by atoms with Crippen molar-refractivity contribution in [1.29, 1.82) is 0 Å². The summed E-state index contributed by atoms with van der Waals surface area (Å²) in [6, 6.07) is -0.695. The monoisotopic (exact) mass is 386 g/mol. The van der Waals surface area contributed by atoms with Gasteiger partial charge in [0.2, 0.25) is 32.1 Å². The van der Waals surface area contributed by atoms with Crippen LogP contribution in [-0.4, -0.2) is 49.3 Å². The van der Waals surface area contributed by atoms with E-state index in [0.29, 0.717) is 0 Å². The molecule has 1 aromatic rings. The number of nitrogens with one attached hydrogen (secondary N) is 3. The Bertz CT molecular complexity index is 648. The number of carbonyl (C=O) groups excluding carboxylic acids is 2. The molecule has 1 heterocycles. The van der Waals surface area contributed by atoms with Gasteiger partial charge in [0.15, 0.2) is 0 Å². The van der Waals surface area contributed by atoms with E-state index in [4.69, 9.17) is 5.73 Å². The molecule has 1 rings (SSSR count). The van der Waals surface area contributed by atoms with Crippen molar-refractivity contribution < 1.29 is 18.0 Å². The maximum absolute atomic E-state index is 11.6. The van der Waals surface area contributed by atoms with Crippen molar-refractivity contribution in [3.05, 3.63) is 0 Å². The molecule has 0 radical (unpaired) electrons. The van der Waals surface area contributed by atoms with Gasteiger partial charge in [-0.25, -0.2) is 8.42 Å². The molecule has 0 aliphatic rings. The number of aromatic nitrogens is 2. The number of nitrogens with zero attached hydrogens (tertiary/aromatic N) is 2. The van der Waals surface area contributed by atoms with E-state index in [1.54, 1.807) is 13.8 Å². The predicted molar refractivity (Wildman–Crippen MR) is 90.1 cm³/mol. The van der Waals surface area contributed by atoms with Gasteiger partial charge in [0, 0.05) is 0 Å². The first-order valence-electron chi connectivity index (χ1n) is 6.23. The number of hydrogen-bond donors (Lipinski definition) is 4. The first-order chi connectivity index (χ1) is 10.1. The zero-order valence-corrected chi connectivity index (χ0v) is 15.1. The fraction of sp³-hybridized carbons (Fsp3) is 0.600. The molecule has 1 aromatic heterocycles. The smallest absolute Gasteiger partial charge is 0.245 e. The molecule has 132 valence electrons. The molecule has 1 atom stereocenters. The lowest BCUT2D eigenvalue weighted by Crippen LogP contribution is -2.46. The van der Waals surface area contributed by atoms with Crippen LogP contribution in [0.15, 0.2) is 0 Å². The fourth-order valence-corrected chi connectivity index (χ4v) is 2.72. The minimum absolute atomic E-state index is 0. The molecule has 0 saturated carbocycles. The van der Waals surface area contributed by atoms with Crippen molar-refractivity contribution in [3.63, 3.8) is 0 Å². The summed E-state index contributed by atoms with van der Waals surface area (Å²) in [7, 11) is -3.46. The quantitative estimate of drug-likeness (QED) is 0.485. The van der Waals surface area contributed by atoms with Crippen molar-refractivity contribution in [1.82, 2.24) is 15.5 Å². The number of nitrogens with two attached hydrogens (primary N) is 1. The normalized spacial score (nSPS) is 12.2. The average Bonchev–Trinajstić information content (AvgIpc) is 2.79. The molecule has 2 amide bonds. The molecule has 0 spiro atoms. The van der Waals surface area contributed by atoms with Gasteiger partial charge >= 0.3 is 0 Å². The third kappa shape index (κ3) is 8.06. The topological polar surface area (TPSA) is 156 Å². The van der Waals surface area contributed by atoms with Crippen molar-refractivity contribution in [2.75, 3.05) is 22.8 Å². The van der Waals surface area contributed by atoms with Gasteiger partial charge in [-0.1, -0.05) is 25.2 Å². The van der Waals surface area contributed by atoms with Crippen LogP contribution in [0.5, 0.6) is 0 Å². The molecule has 5 N–H and O–H groups in total. The minimum atomic E-state index is -3.46. The number of amides is 2. The van der Waals surface area contributed by atoms with Crippen molar-refractivity contribution >= 4 is 55.8 Å². The van der Waals surface area contributed by atoms with E-state index in [2.05, 4.69) is 25.6 Å². The molecule has 13 heteroatoms. The highest BCUT2D eigenvalue weighted by molar-refractivity contribution is 7.92. The van der Waals surface area contributed by atoms with Crippen LogP contribution in [0.3, 0.4) is 0 Å². The Morgan fingerprint density at radius 2 is 1.83 bits per heavy atom. The molecule has 10 nitrogen and oxygen atoms in total. The molecular formula is C10H19ClN6O4S2. The lowest BCUT2D eigenvalue weighted by atomic mass is 10.1. The van der Waals surface area contributed by atoms with Crippen LogP contribution in [0.25, 0.3) is 0 Å². The van der Waals surface area contributed by atoms with Gasteiger partial charge in [-0.3, -0.25) is 19.6 Å². The van der Waals surface area contributed by atoms with Gasteiger partial charge in [-0.2, -0.15) is 0 Å². The summed E-state index contributed by atoms with van der Waals surface area (Å²) in [5.74, 6) is -0.996. The summed E-state index contributed by atoms with van der Waals surface area (Å²) >= 11 is 0.852. The SMILES string of the molecule is CC(C)[C@H](N)C(=O)NCC(=O)Nc1nnc(NS(C)(=O)=O)s1.Cl. The van der Waals surface area contributed by atoms with Crippen molar-refractivity contribution in [3.8, 4) is 0 Å². The van der Waals surface area contributed by atoms with E-state index in [-0.39, 0.29) is 35.1 Å². The molecule has 0 aliphatic heterocycles. The first-order valence-corrected chi connectivity index (χ1v) is 8.93. The molecule has 23 heavy (non-hydrogen) atoms. The first kappa shape index (κ1) is 21.5. The molecule has 0 saturated heterocycles. The van der Waals surface area contributed by atoms with E-state index >= 15 is 0 Å². The molecule has 0 unspecified atom stereocenters. The maximum atomic E-state index is 11.6. The number of carbonyl (C=O) groups is 2. The average molecular weight is 387 g/mol. The van der Waals surface area contributed by atoms with E-state index in [0.717, 1.165) is 17.6 Å². The van der Waals surface area contributed by atoms with Gasteiger partial charge in [0.1, 0.15) is 0 Å². The van der Waals surface area contributed by atoms with Crippen LogP contribution < -0.4 is 21.1 Å². The van der Waals surface area contributed by atoms with Gasteiger partial charge in [0.05, 0.1) is 18.8 Å². The van der Waals surface area contributed by atoms with E-state index in [9.17, 15) is 18.0 Å². The summed E-state index contributed by atoms with van der Waals surface area (Å²) in [6.45, 7) is 3.32. The molecule has 0 aliphatic carbocycles. The maximum Gasteiger partial charge on any atom is 0.245 e. The Hall–Kier alpha value is -1.50. The van der Waals surface area contributed by atoms with E-state index < -0.39 is 27.9 Å². The Morgan fingerprint density at radius 1 is 1.26 bits per heavy atom. The molecular weight excluding hydrogens is 368 g/mol. The number of halogens is 1. The van der Waals surface area contributed by atoms with Crippen LogP contribution in [-0.2, 0) is 19.6 Å². The van der Waals surface area contributed by atoms with Gasteiger partial charge in [0.25, 0.3) is 0 Å². The zero-order valence-electron chi connectivity index (χ0n) is 12.7. The van der Waals surface area contributed by atoms with E-state index in [1.807, 2.05) is 0 Å². The molecule has 0 aromatic carbocycles. The van der Waals surface area contributed by atoms with Crippen LogP contribution in [0.2, 0.25) is 0 Å². The summed E-state index contributed by atoms with van der Waals surface area (Å²) in [5.41, 5.74) is 5.63. The minimum Gasteiger partial charge on any atom is -0.346 e. The van der Waals surface area contributed by atoms with E-state index in [1.165, 1.54) is 0 Å². The van der Waals surface area contributed by atoms with Gasteiger partial charge < -0.3 is 11.1 Å². The summed E-state index contributed by atoms with van der Waals surface area (Å²) in [4.78, 5) is 23.2. The standard InChI is InChI=1S/C10H18N6O4S2.ClH/c1-5(2)7(11)8(18)12-4-6(17)13-9-14-15-10(21-9)16-22(3,19)20;/h5,7H,4,11H2,1-3H3,(H,12,18)(H,15,16)(H,13,14,17);1H/t7-;/m0./s1. The lowest BCUT2D eigenvalue weighted by Gasteiger charge is -2.14. The highest BCUT2D eigenvalue weighted by Crippen LogP contribution is 2.20. The summed E-state index contributed by atoms with van der Waals surface area (Å²) in [5, 5.41) is 12.1. The second-order valence-electron chi connectivity index (χ2n) is 4.82. The number of sulfonamides is 1. The van der Waals surface area contributed by atoms with Crippen molar-refractivity contribution in [2.45, 2.75) is 19.9 Å². The molecule has 0 bridgehead atoms. The predicted octanol–water partition coefficient (Wildman–Crippen LogP) is -0.631. The summed E-state index contributed by atoms with van der Waals surface area (Å²) in [6.07, 6.45) is 0.972. The largest absolute Gasteiger partial charge is 0.346 e. The summed E-state index contributed by atoms with van der Waals surface area (Å²) < 4.78 is 24.2. The number of rotatable bonds is 7. The van der Waals surface area contributed by atoms with Gasteiger partial charge in [-0.05, 0) is 5.92 Å². The van der Waals surface area contributed by atoms with Crippen LogP contribution >= 0.6 is 23.7 Å². The van der Waals surface area contributed by atoms with Crippen molar-refractivity contribution in [2.24, 2.45) is 11.7 Å². The van der Waals surface area contributed by atoms with Crippen LogP contribution in [0.1, 0.15) is 13.8 Å². The van der Waals surface area contributed by atoms with Crippen LogP contribution in [0.4, 0.5) is 10.3 Å². The lowest BCUT2D eigenvalue weighted by molar-refractivity contribution is -0.125. The third-order valence-corrected chi connectivity index (χ3v) is 3.84. The van der Waals surface area contributed by atoms with Gasteiger partial charge in [-0.15, -0.1) is 22.6 Å². The Morgan fingerprint density at radius 3 is 2.35 bits per heavy atom. The second kappa shape index (κ2) is 8.96. The highest BCUT2D eigenvalue weighted by atomic mass is 35.5.